The molecule has 1 N–H and O–H groups in total. The molecule has 0 heterocycles. The number of carbonyl (C=O) groups excluding carboxylic acids is 2. The number of carbonyl (C=O) groups is 2. The van der Waals surface area contributed by atoms with Crippen LogP contribution in [0.4, 0.5) is 4.79 Å². The molecule has 4 nitrogen and oxygen atoms in total. The molecule has 0 aromatic carbocycles. The molecule has 0 saturated carbocycles. The Labute approximate surface area is 92.5 Å². The number of hydrogen-bond donors (Lipinski definition) is 1. The van der Waals surface area contributed by atoms with E-state index in [1.807, 2.05) is 6.92 Å². The van der Waals surface area contributed by atoms with Crippen LogP contribution in [0.3, 0.4) is 0 Å². The van der Waals surface area contributed by atoms with Crippen molar-refractivity contribution in [3.63, 3.8) is 0 Å². The van der Waals surface area contributed by atoms with Crippen LogP contribution in [-0.4, -0.2) is 29.9 Å². The molecule has 0 aliphatic rings. The maximum Gasteiger partial charge on any atom is 0.407 e. The Bertz CT molecular complexity index is 196. The van der Waals surface area contributed by atoms with Crippen LogP contribution in [0, 0.1) is 0 Å². The monoisotopic (exact) mass is 265 g/mol. The topological polar surface area (TPSA) is 55.4 Å². The molecule has 0 spiro atoms. The average Bonchev–Trinajstić information content (AvgIpc) is 2.16. The lowest BCUT2D eigenvalue weighted by Gasteiger charge is -2.15. The van der Waals surface area contributed by atoms with Gasteiger partial charge in [0.2, 0.25) is 0 Å². The van der Waals surface area contributed by atoms with Crippen molar-refractivity contribution in [1.29, 1.82) is 0 Å². The molecule has 1 unspecified atom stereocenters. The predicted octanol–water partition coefficient (Wildman–Crippen LogP) is 1.87. The molecular weight excluding hydrogens is 250 g/mol. The predicted molar refractivity (Wildman–Crippen MR) is 57.7 cm³/mol. The first-order chi connectivity index (χ1) is 6.65. The number of amides is 1. The summed E-state index contributed by atoms with van der Waals surface area (Å²) >= 11 is 3.07. The normalized spacial score (nSPS) is 11.9. The molecule has 0 fully saturated rings. The Morgan fingerprint density at radius 1 is 1.43 bits per heavy atom. The summed E-state index contributed by atoms with van der Waals surface area (Å²) in [4.78, 5) is 22.4. The molecule has 0 saturated heterocycles. The fourth-order valence-corrected chi connectivity index (χ4v) is 1.40. The SMILES string of the molecule is CCCC(NC(=O)OCC)C(=O)CBr. The molecule has 1 atom stereocenters. The standard InChI is InChI=1S/C9H16BrNO3/c1-3-5-7(8(12)6-10)11-9(13)14-4-2/h7H,3-6H2,1-2H3,(H,11,13). The maximum atomic E-state index is 11.3. The van der Waals surface area contributed by atoms with Gasteiger partial charge in [0.25, 0.3) is 0 Å². The van der Waals surface area contributed by atoms with Gasteiger partial charge >= 0.3 is 6.09 Å². The zero-order chi connectivity index (χ0) is 11.0. The van der Waals surface area contributed by atoms with Crippen molar-refractivity contribution in [2.75, 3.05) is 11.9 Å². The summed E-state index contributed by atoms with van der Waals surface area (Å²) in [6, 6.07) is -0.432. The molecular formula is C9H16BrNO3. The van der Waals surface area contributed by atoms with Crippen molar-refractivity contribution >= 4 is 27.8 Å². The number of ketones is 1. The Morgan fingerprint density at radius 3 is 2.50 bits per heavy atom. The lowest BCUT2D eigenvalue weighted by atomic mass is 10.1. The zero-order valence-corrected chi connectivity index (χ0v) is 10.1. The minimum atomic E-state index is -0.528. The zero-order valence-electron chi connectivity index (χ0n) is 8.51. The van der Waals surface area contributed by atoms with Crippen LogP contribution in [0.5, 0.6) is 0 Å². The van der Waals surface area contributed by atoms with Gasteiger partial charge in [0.15, 0.2) is 5.78 Å². The number of halogens is 1. The number of alkyl carbamates (subject to hydrolysis) is 1. The van der Waals surface area contributed by atoms with Crippen molar-refractivity contribution in [3.05, 3.63) is 0 Å². The highest BCUT2D eigenvalue weighted by atomic mass is 79.9. The Kier molecular flexibility index (Phi) is 7.47. The van der Waals surface area contributed by atoms with Crippen molar-refractivity contribution in [3.8, 4) is 0 Å². The molecule has 0 aliphatic carbocycles. The molecule has 5 heteroatoms. The van der Waals surface area contributed by atoms with E-state index in [1.165, 1.54) is 0 Å². The van der Waals surface area contributed by atoms with E-state index in [1.54, 1.807) is 6.92 Å². The highest BCUT2D eigenvalue weighted by Gasteiger charge is 2.18. The van der Waals surface area contributed by atoms with Gasteiger partial charge < -0.3 is 10.1 Å². The van der Waals surface area contributed by atoms with Gasteiger partial charge in [-0.25, -0.2) is 4.79 Å². The van der Waals surface area contributed by atoms with Crippen LogP contribution in [-0.2, 0) is 9.53 Å². The molecule has 0 radical (unpaired) electrons. The number of alkyl halides is 1. The third-order valence-corrected chi connectivity index (χ3v) is 2.22. The Hall–Kier alpha value is -0.580. The molecule has 0 aliphatic heterocycles. The molecule has 0 aromatic heterocycles. The number of rotatable bonds is 6. The second-order valence-electron chi connectivity index (χ2n) is 2.81. The van der Waals surface area contributed by atoms with E-state index in [-0.39, 0.29) is 11.1 Å². The van der Waals surface area contributed by atoms with Gasteiger partial charge in [-0.15, -0.1) is 0 Å². The average molecular weight is 266 g/mol. The third kappa shape index (κ3) is 5.21. The van der Waals surface area contributed by atoms with Crippen molar-refractivity contribution in [1.82, 2.24) is 5.32 Å². The van der Waals surface area contributed by atoms with Gasteiger partial charge in [-0.1, -0.05) is 29.3 Å². The van der Waals surface area contributed by atoms with E-state index in [9.17, 15) is 9.59 Å². The number of nitrogens with one attached hydrogen (secondary N) is 1. The van der Waals surface area contributed by atoms with E-state index >= 15 is 0 Å². The quantitative estimate of drug-likeness (QED) is 0.746. The number of Topliss-reactive ketones (excluding diaryl/α,β-unsaturated/α-hetero) is 1. The van der Waals surface area contributed by atoms with Gasteiger partial charge in [-0.2, -0.15) is 0 Å². The third-order valence-electron chi connectivity index (χ3n) is 1.67. The minimum Gasteiger partial charge on any atom is -0.450 e. The first kappa shape index (κ1) is 13.4. The van der Waals surface area contributed by atoms with E-state index < -0.39 is 12.1 Å². The van der Waals surface area contributed by atoms with Gasteiger partial charge in [0.05, 0.1) is 18.0 Å². The summed E-state index contributed by atoms with van der Waals surface area (Å²) in [5.74, 6) is -0.0279. The number of ether oxygens (including phenoxy) is 1. The smallest absolute Gasteiger partial charge is 0.407 e. The molecule has 82 valence electrons. The second kappa shape index (κ2) is 7.79. The van der Waals surface area contributed by atoms with E-state index in [0.29, 0.717) is 13.0 Å². The van der Waals surface area contributed by atoms with E-state index in [2.05, 4.69) is 21.2 Å². The molecule has 0 bridgehead atoms. The minimum absolute atomic E-state index is 0.0279. The largest absolute Gasteiger partial charge is 0.450 e. The highest BCUT2D eigenvalue weighted by Crippen LogP contribution is 2.01. The Balaban J connectivity index is 4.08. The summed E-state index contributed by atoms with van der Waals surface area (Å²) in [6.45, 7) is 4.00. The fraction of sp³-hybridized carbons (Fsp3) is 0.778. The Morgan fingerprint density at radius 2 is 2.07 bits per heavy atom. The van der Waals surface area contributed by atoms with Crippen LogP contribution in [0.25, 0.3) is 0 Å². The van der Waals surface area contributed by atoms with Crippen molar-refractivity contribution < 1.29 is 14.3 Å². The van der Waals surface area contributed by atoms with Crippen molar-refractivity contribution in [2.45, 2.75) is 32.7 Å². The van der Waals surface area contributed by atoms with E-state index in [0.717, 1.165) is 6.42 Å². The van der Waals surface area contributed by atoms with Gasteiger partial charge in [0.1, 0.15) is 0 Å². The first-order valence-corrected chi connectivity index (χ1v) is 5.79. The van der Waals surface area contributed by atoms with Gasteiger partial charge in [0, 0.05) is 0 Å². The van der Waals surface area contributed by atoms with E-state index in [4.69, 9.17) is 4.74 Å². The summed E-state index contributed by atoms with van der Waals surface area (Å²) in [6.07, 6.45) is 0.958. The van der Waals surface area contributed by atoms with Crippen LogP contribution < -0.4 is 5.32 Å². The van der Waals surface area contributed by atoms with Crippen LogP contribution in [0.1, 0.15) is 26.7 Å². The van der Waals surface area contributed by atoms with Crippen LogP contribution in [0.15, 0.2) is 0 Å². The second-order valence-corrected chi connectivity index (χ2v) is 3.37. The van der Waals surface area contributed by atoms with Crippen LogP contribution >= 0.6 is 15.9 Å². The lowest BCUT2D eigenvalue weighted by molar-refractivity contribution is -0.118. The summed E-state index contributed by atoms with van der Waals surface area (Å²) in [7, 11) is 0. The summed E-state index contributed by atoms with van der Waals surface area (Å²) < 4.78 is 4.70. The summed E-state index contributed by atoms with van der Waals surface area (Å²) in [5, 5.41) is 2.78. The van der Waals surface area contributed by atoms with Gasteiger partial charge in [-0.05, 0) is 13.3 Å². The highest BCUT2D eigenvalue weighted by molar-refractivity contribution is 9.09. The molecule has 0 aromatic rings. The molecule has 0 rings (SSSR count). The molecule has 14 heavy (non-hydrogen) atoms. The molecule has 1 amide bonds. The van der Waals surface area contributed by atoms with Crippen molar-refractivity contribution in [2.24, 2.45) is 0 Å². The first-order valence-electron chi connectivity index (χ1n) is 4.67. The van der Waals surface area contributed by atoms with Gasteiger partial charge in [-0.3, -0.25) is 4.79 Å². The summed E-state index contributed by atoms with van der Waals surface area (Å²) in [5.41, 5.74) is 0. The van der Waals surface area contributed by atoms with Crippen LogP contribution in [0.2, 0.25) is 0 Å². The number of hydrogen-bond acceptors (Lipinski definition) is 3. The fourth-order valence-electron chi connectivity index (χ4n) is 1.01. The lowest BCUT2D eigenvalue weighted by Crippen LogP contribution is -2.41. The maximum absolute atomic E-state index is 11.3.